The summed E-state index contributed by atoms with van der Waals surface area (Å²) in [7, 11) is 0. The van der Waals surface area contributed by atoms with Gasteiger partial charge in [-0.2, -0.15) is 11.8 Å². The molecule has 0 saturated carbocycles. The molecule has 3 N–H and O–H groups in total. The number of carbonyl (C=O) groups excluding carboxylic acids is 1. The van der Waals surface area contributed by atoms with Gasteiger partial charge in [0.25, 0.3) is 5.91 Å². The predicted molar refractivity (Wildman–Crippen MR) is 86.2 cm³/mol. The average molecular weight is 304 g/mol. The number of amides is 1. The van der Waals surface area contributed by atoms with E-state index in [2.05, 4.69) is 5.32 Å². The summed E-state index contributed by atoms with van der Waals surface area (Å²) in [6.45, 7) is 0.515. The minimum Gasteiger partial charge on any atom is -0.399 e. The Morgan fingerprint density at radius 1 is 1.35 bits per heavy atom. The van der Waals surface area contributed by atoms with Crippen LogP contribution in [-0.2, 0) is 18.7 Å². The molecule has 3 rings (SSSR count). The van der Waals surface area contributed by atoms with Crippen LogP contribution < -0.4 is 11.1 Å². The second kappa shape index (κ2) is 5.89. The molecular weight excluding hydrogens is 288 g/mol. The maximum absolute atomic E-state index is 12.2. The predicted octanol–water partition coefficient (Wildman–Crippen LogP) is 3.05. The SMILES string of the molecule is Nc1cccc(CNC(=O)c2cc3c(s2)CCSC3)c1. The summed E-state index contributed by atoms with van der Waals surface area (Å²) in [5.74, 6) is 2.21. The van der Waals surface area contributed by atoms with Gasteiger partial charge >= 0.3 is 0 Å². The molecule has 1 amide bonds. The van der Waals surface area contributed by atoms with Crippen LogP contribution >= 0.6 is 23.1 Å². The first kappa shape index (κ1) is 13.5. The van der Waals surface area contributed by atoms with Gasteiger partial charge in [-0.05, 0) is 41.5 Å². The molecule has 1 aromatic heterocycles. The number of nitrogen functional groups attached to an aromatic ring is 1. The van der Waals surface area contributed by atoms with E-state index in [0.29, 0.717) is 6.54 Å². The number of hydrogen-bond acceptors (Lipinski definition) is 4. The fourth-order valence-electron chi connectivity index (χ4n) is 2.23. The van der Waals surface area contributed by atoms with Crippen LogP contribution in [0.4, 0.5) is 5.69 Å². The normalized spacial score (nSPS) is 13.8. The first-order valence-electron chi connectivity index (χ1n) is 6.54. The molecule has 0 spiro atoms. The molecular formula is C15H16N2OS2. The highest BCUT2D eigenvalue weighted by Crippen LogP contribution is 2.31. The maximum Gasteiger partial charge on any atom is 0.261 e. The molecule has 0 aliphatic carbocycles. The summed E-state index contributed by atoms with van der Waals surface area (Å²) in [6, 6.07) is 9.64. The van der Waals surface area contributed by atoms with Gasteiger partial charge in [0.05, 0.1) is 4.88 Å². The molecule has 1 aromatic carbocycles. The zero-order valence-electron chi connectivity index (χ0n) is 11.0. The number of rotatable bonds is 3. The highest BCUT2D eigenvalue weighted by molar-refractivity contribution is 7.98. The molecule has 20 heavy (non-hydrogen) atoms. The van der Waals surface area contributed by atoms with E-state index in [1.54, 1.807) is 11.3 Å². The van der Waals surface area contributed by atoms with Gasteiger partial charge in [-0.1, -0.05) is 12.1 Å². The fourth-order valence-corrected chi connectivity index (χ4v) is 4.52. The third-order valence-corrected chi connectivity index (χ3v) is 5.50. The van der Waals surface area contributed by atoms with Gasteiger partial charge in [-0.25, -0.2) is 0 Å². The van der Waals surface area contributed by atoms with Gasteiger partial charge in [0, 0.05) is 22.9 Å². The number of carbonyl (C=O) groups is 1. The van der Waals surface area contributed by atoms with Crippen molar-refractivity contribution in [2.75, 3.05) is 11.5 Å². The van der Waals surface area contributed by atoms with Crippen LogP contribution in [0.1, 0.15) is 25.7 Å². The van der Waals surface area contributed by atoms with E-state index in [0.717, 1.165) is 34.1 Å². The van der Waals surface area contributed by atoms with Crippen molar-refractivity contribution in [1.82, 2.24) is 5.32 Å². The van der Waals surface area contributed by atoms with E-state index in [-0.39, 0.29) is 5.91 Å². The van der Waals surface area contributed by atoms with Crippen molar-refractivity contribution < 1.29 is 4.79 Å². The van der Waals surface area contributed by atoms with E-state index in [9.17, 15) is 4.79 Å². The monoisotopic (exact) mass is 304 g/mol. The molecule has 0 fully saturated rings. The molecule has 0 bridgehead atoms. The number of aryl methyl sites for hydroxylation is 1. The number of thiophene rings is 1. The number of fused-ring (bicyclic) bond motifs is 1. The van der Waals surface area contributed by atoms with Gasteiger partial charge in [0.1, 0.15) is 0 Å². The Balaban J connectivity index is 1.66. The van der Waals surface area contributed by atoms with Crippen LogP contribution in [0.5, 0.6) is 0 Å². The second-order valence-electron chi connectivity index (χ2n) is 4.79. The zero-order valence-corrected chi connectivity index (χ0v) is 12.7. The molecule has 0 radical (unpaired) electrons. The van der Waals surface area contributed by atoms with Crippen LogP contribution in [0.15, 0.2) is 30.3 Å². The molecule has 1 aliphatic heterocycles. The van der Waals surface area contributed by atoms with Crippen molar-refractivity contribution in [3.05, 3.63) is 51.2 Å². The minimum absolute atomic E-state index is 0.0109. The van der Waals surface area contributed by atoms with Crippen molar-refractivity contribution in [1.29, 1.82) is 0 Å². The Morgan fingerprint density at radius 2 is 2.25 bits per heavy atom. The lowest BCUT2D eigenvalue weighted by molar-refractivity contribution is 0.0955. The summed E-state index contributed by atoms with van der Waals surface area (Å²) in [4.78, 5) is 14.4. The maximum atomic E-state index is 12.2. The molecule has 0 unspecified atom stereocenters. The molecule has 0 atom stereocenters. The summed E-state index contributed by atoms with van der Waals surface area (Å²) in [6.07, 6.45) is 1.09. The van der Waals surface area contributed by atoms with Gasteiger partial charge in [0.2, 0.25) is 0 Å². The lowest BCUT2D eigenvalue weighted by Gasteiger charge is -2.08. The molecule has 2 heterocycles. The van der Waals surface area contributed by atoms with Crippen LogP contribution in [0.25, 0.3) is 0 Å². The molecule has 104 valence electrons. The van der Waals surface area contributed by atoms with Gasteiger partial charge in [-0.15, -0.1) is 11.3 Å². The Hall–Kier alpha value is -1.46. The third kappa shape index (κ3) is 2.99. The standard InChI is InChI=1S/C15H16N2OS2/c16-12-3-1-2-10(6-12)8-17-15(18)14-7-11-9-19-5-4-13(11)20-14/h1-3,6-7H,4-5,8-9,16H2,(H,17,18). The van der Waals surface area contributed by atoms with Crippen molar-refractivity contribution in [3.63, 3.8) is 0 Å². The first-order valence-corrected chi connectivity index (χ1v) is 8.51. The summed E-state index contributed by atoms with van der Waals surface area (Å²) in [5, 5.41) is 2.96. The highest BCUT2D eigenvalue weighted by atomic mass is 32.2. The lowest BCUT2D eigenvalue weighted by Crippen LogP contribution is -2.21. The Morgan fingerprint density at radius 3 is 3.05 bits per heavy atom. The quantitative estimate of drug-likeness (QED) is 0.857. The Bertz CT molecular complexity index is 613. The molecule has 5 heteroatoms. The van der Waals surface area contributed by atoms with Crippen molar-refractivity contribution in [2.45, 2.75) is 18.7 Å². The van der Waals surface area contributed by atoms with Gasteiger partial charge in [0.15, 0.2) is 0 Å². The molecule has 2 aromatic rings. The third-order valence-electron chi connectivity index (χ3n) is 3.26. The summed E-state index contributed by atoms with van der Waals surface area (Å²) < 4.78 is 0. The summed E-state index contributed by atoms with van der Waals surface area (Å²) >= 11 is 3.57. The number of nitrogens with one attached hydrogen (secondary N) is 1. The van der Waals surface area contributed by atoms with Crippen molar-refractivity contribution in [3.8, 4) is 0 Å². The number of thioether (sulfide) groups is 1. The lowest BCUT2D eigenvalue weighted by atomic mass is 10.2. The van der Waals surface area contributed by atoms with E-state index < -0.39 is 0 Å². The Kier molecular flexibility index (Phi) is 3.98. The van der Waals surface area contributed by atoms with E-state index in [1.807, 2.05) is 42.1 Å². The zero-order chi connectivity index (χ0) is 13.9. The topological polar surface area (TPSA) is 55.1 Å². The first-order chi connectivity index (χ1) is 9.72. The van der Waals surface area contributed by atoms with E-state index >= 15 is 0 Å². The van der Waals surface area contributed by atoms with E-state index in [1.165, 1.54) is 10.4 Å². The van der Waals surface area contributed by atoms with Crippen molar-refractivity contribution in [2.24, 2.45) is 0 Å². The molecule has 1 aliphatic rings. The van der Waals surface area contributed by atoms with Crippen LogP contribution in [0, 0.1) is 0 Å². The number of benzene rings is 1. The fraction of sp³-hybridized carbons (Fsp3) is 0.267. The molecule has 3 nitrogen and oxygen atoms in total. The number of anilines is 1. The van der Waals surface area contributed by atoms with Crippen LogP contribution in [-0.4, -0.2) is 11.7 Å². The summed E-state index contributed by atoms with van der Waals surface area (Å²) in [5.41, 5.74) is 8.81. The highest BCUT2D eigenvalue weighted by Gasteiger charge is 2.17. The average Bonchev–Trinajstić information content (AvgIpc) is 2.89. The van der Waals surface area contributed by atoms with Gasteiger partial charge < -0.3 is 11.1 Å². The smallest absolute Gasteiger partial charge is 0.261 e. The molecule has 0 saturated heterocycles. The van der Waals surface area contributed by atoms with Crippen molar-refractivity contribution >= 4 is 34.7 Å². The largest absolute Gasteiger partial charge is 0.399 e. The number of hydrogen-bond donors (Lipinski definition) is 2. The Labute approximate surface area is 126 Å². The minimum atomic E-state index is 0.0109. The van der Waals surface area contributed by atoms with Crippen LogP contribution in [0.2, 0.25) is 0 Å². The van der Waals surface area contributed by atoms with E-state index in [4.69, 9.17) is 5.73 Å². The van der Waals surface area contributed by atoms with Crippen LogP contribution in [0.3, 0.4) is 0 Å². The van der Waals surface area contributed by atoms with Gasteiger partial charge in [-0.3, -0.25) is 4.79 Å². The second-order valence-corrected chi connectivity index (χ2v) is 7.03. The number of nitrogens with two attached hydrogens (primary N) is 1.